The molecule has 0 radical (unpaired) electrons. The number of piperidine rings is 1. The van der Waals surface area contributed by atoms with E-state index < -0.39 is 6.04 Å². The summed E-state index contributed by atoms with van der Waals surface area (Å²) in [6, 6.07) is 5.66. The summed E-state index contributed by atoms with van der Waals surface area (Å²) in [6.07, 6.45) is 1.78. The largest absolute Gasteiger partial charge is 0.322 e. The van der Waals surface area contributed by atoms with E-state index in [1.54, 1.807) is 4.90 Å². The molecule has 0 spiro atoms. The zero-order valence-electron chi connectivity index (χ0n) is 14.0. The van der Waals surface area contributed by atoms with Crippen molar-refractivity contribution >= 4 is 17.7 Å². The number of nitrogens with one attached hydrogen (secondary N) is 3. The zero-order valence-corrected chi connectivity index (χ0v) is 14.0. The van der Waals surface area contributed by atoms with E-state index in [2.05, 4.69) is 16.0 Å². The molecule has 25 heavy (non-hydrogen) atoms. The first-order valence-corrected chi connectivity index (χ1v) is 8.83. The van der Waals surface area contributed by atoms with Crippen LogP contribution in [0.15, 0.2) is 18.2 Å². The van der Waals surface area contributed by atoms with Crippen LogP contribution in [0.1, 0.15) is 40.7 Å². The van der Waals surface area contributed by atoms with Gasteiger partial charge < -0.3 is 15.5 Å². The Morgan fingerprint density at radius 1 is 1.20 bits per heavy atom. The van der Waals surface area contributed by atoms with E-state index in [-0.39, 0.29) is 24.1 Å². The Bertz CT molecular complexity index is 727. The molecule has 2 atom stereocenters. The Morgan fingerprint density at radius 2 is 2.08 bits per heavy atom. The molecular weight excluding hydrogens is 320 g/mol. The summed E-state index contributed by atoms with van der Waals surface area (Å²) in [5, 5.41) is 9.20. The van der Waals surface area contributed by atoms with E-state index in [1.807, 2.05) is 18.2 Å². The van der Waals surface area contributed by atoms with Gasteiger partial charge in [0.15, 0.2) is 0 Å². The second-order valence-electron chi connectivity index (χ2n) is 6.91. The highest BCUT2D eigenvalue weighted by Gasteiger charge is 2.39. The van der Waals surface area contributed by atoms with Crippen LogP contribution in [0.2, 0.25) is 0 Å². The molecule has 1 aromatic carbocycles. The molecule has 0 saturated carbocycles. The van der Waals surface area contributed by atoms with E-state index in [0.717, 1.165) is 30.6 Å². The molecule has 4 rings (SSSR count). The van der Waals surface area contributed by atoms with Gasteiger partial charge in [-0.05, 0) is 36.6 Å². The van der Waals surface area contributed by atoms with Gasteiger partial charge in [0, 0.05) is 37.7 Å². The predicted molar refractivity (Wildman–Crippen MR) is 90.6 cm³/mol. The number of hydrogen-bond donors (Lipinski definition) is 3. The van der Waals surface area contributed by atoms with Crippen LogP contribution in [-0.2, 0) is 22.7 Å². The highest BCUT2D eigenvalue weighted by molar-refractivity contribution is 6.05. The number of hydrogen-bond acceptors (Lipinski definition) is 5. The van der Waals surface area contributed by atoms with Gasteiger partial charge in [-0.2, -0.15) is 0 Å². The molecule has 7 heteroatoms. The van der Waals surface area contributed by atoms with E-state index in [4.69, 9.17) is 0 Å². The van der Waals surface area contributed by atoms with Gasteiger partial charge in [-0.3, -0.25) is 19.7 Å². The van der Waals surface area contributed by atoms with Crippen molar-refractivity contribution in [2.45, 2.75) is 44.4 Å². The first kappa shape index (κ1) is 16.2. The molecule has 0 bridgehead atoms. The second-order valence-corrected chi connectivity index (χ2v) is 6.91. The number of fused-ring (bicyclic) bond motifs is 1. The molecular formula is C18H22N4O3. The summed E-state index contributed by atoms with van der Waals surface area (Å²) in [7, 11) is 0. The fourth-order valence-electron chi connectivity index (χ4n) is 3.90. The number of benzene rings is 1. The monoisotopic (exact) mass is 342 g/mol. The van der Waals surface area contributed by atoms with E-state index in [0.29, 0.717) is 31.1 Å². The lowest BCUT2D eigenvalue weighted by Gasteiger charge is -2.29. The highest BCUT2D eigenvalue weighted by atomic mass is 16.2. The van der Waals surface area contributed by atoms with Crippen molar-refractivity contribution < 1.29 is 14.4 Å². The lowest BCUT2D eigenvalue weighted by molar-refractivity contribution is -0.136. The first-order valence-electron chi connectivity index (χ1n) is 8.83. The van der Waals surface area contributed by atoms with Crippen molar-refractivity contribution in [2.24, 2.45) is 0 Å². The van der Waals surface area contributed by atoms with Gasteiger partial charge >= 0.3 is 0 Å². The van der Waals surface area contributed by atoms with Gasteiger partial charge in [-0.1, -0.05) is 12.1 Å². The highest BCUT2D eigenvalue weighted by Crippen LogP contribution is 2.29. The number of rotatable bonds is 4. The van der Waals surface area contributed by atoms with Crippen LogP contribution in [0.4, 0.5) is 0 Å². The smallest absolute Gasteiger partial charge is 0.255 e. The van der Waals surface area contributed by atoms with Crippen molar-refractivity contribution in [1.29, 1.82) is 0 Å². The minimum atomic E-state index is -0.558. The Kier molecular flexibility index (Phi) is 4.27. The molecule has 0 aliphatic carbocycles. The number of nitrogens with zero attached hydrogens (tertiary/aromatic N) is 1. The molecule has 3 N–H and O–H groups in total. The molecule has 132 valence electrons. The van der Waals surface area contributed by atoms with Gasteiger partial charge in [-0.15, -0.1) is 0 Å². The predicted octanol–water partition coefficient (Wildman–Crippen LogP) is -0.101. The third kappa shape index (κ3) is 3.05. The van der Waals surface area contributed by atoms with Crippen LogP contribution in [0.5, 0.6) is 0 Å². The maximum absolute atomic E-state index is 12.8. The molecule has 3 heterocycles. The number of imide groups is 1. The van der Waals surface area contributed by atoms with Crippen LogP contribution >= 0.6 is 0 Å². The molecule has 1 aromatic rings. The van der Waals surface area contributed by atoms with Crippen molar-refractivity contribution in [3.63, 3.8) is 0 Å². The molecule has 2 saturated heterocycles. The van der Waals surface area contributed by atoms with Crippen LogP contribution in [0.25, 0.3) is 0 Å². The van der Waals surface area contributed by atoms with Crippen LogP contribution in [0.3, 0.4) is 0 Å². The summed E-state index contributed by atoms with van der Waals surface area (Å²) < 4.78 is 0. The molecule has 3 aliphatic heterocycles. The lowest BCUT2D eigenvalue weighted by atomic mass is 10.0. The average Bonchev–Trinajstić information content (AvgIpc) is 3.22. The molecule has 0 aromatic heterocycles. The zero-order chi connectivity index (χ0) is 17.4. The van der Waals surface area contributed by atoms with Gasteiger partial charge in [0.2, 0.25) is 11.8 Å². The minimum Gasteiger partial charge on any atom is -0.322 e. The fourth-order valence-corrected chi connectivity index (χ4v) is 3.90. The van der Waals surface area contributed by atoms with Gasteiger partial charge in [0.1, 0.15) is 6.04 Å². The Balaban J connectivity index is 1.51. The van der Waals surface area contributed by atoms with Crippen molar-refractivity contribution in [1.82, 2.24) is 20.9 Å². The molecule has 3 amide bonds. The maximum atomic E-state index is 12.8. The lowest BCUT2D eigenvalue weighted by Crippen LogP contribution is -2.52. The Labute approximate surface area is 146 Å². The standard InChI is InChI=1S/C18H22N4O3/c23-16-5-4-15(17(24)21-16)22-10-14-11(2-1-3-13(14)18(22)25)8-20-12-6-7-19-9-12/h1-3,12,15,19-20H,4-10H2,(H,21,23,24)/t12-,15?/m0/s1. The van der Waals surface area contributed by atoms with E-state index in [1.165, 1.54) is 0 Å². The summed E-state index contributed by atoms with van der Waals surface area (Å²) in [5.41, 5.74) is 2.77. The quantitative estimate of drug-likeness (QED) is 0.665. The van der Waals surface area contributed by atoms with Gasteiger partial charge in [0.05, 0.1) is 0 Å². The number of carbonyl (C=O) groups is 3. The fraction of sp³-hybridized carbons (Fsp3) is 0.500. The van der Waals surface area contributed by atoms with Crippen molar-refractivity contribution in [3.8, 4) is 0 Å². The third-order valence-corrected chi connectivity index (χ3v) is 5.32. The Hall–Kier alpha value is -2.25. The number of amides is 3. The minimum absolute atomic E-state index is 0.117. The maximum Gasteiger partial charge on any atom is 0.255 e. The van der Waals surface area contributed by atoms with Gasteiger partial charge in [0.25, 0.3) is 5.91 Å². The van der Waals surface area contributed by atoms with E-state index >= 15 is 0 Å². The van der Waals surface area contributed by atoms with Crippen molar-refractivity contribution in [3.05, 3.63) is 34.9 Å². The summed E-state index contributed by atoms with van der Waals surface area (Å²) in [4.78, 5) is 37.8. The summed E-state index contributed by atoms with van der Waals surface area (Å²) in [6.45, 7) is 3.15. The first-order chi connectivity index (χ1) is 12.1. The molecule has 1 unspecified atom stereocenters. The normalized spacial score (nSPS) is 26.1. The second kappa shape index (κ2) is 6.57. The summed E-state index contributed by atoms with van der Waals surface area (Å²) in [5.74, 6) is -0.747. The molecule has 7 nitrogen and oxygen atoms in total. The van der Waals surface area contributed by atoms with E-state index in [9.17, 15) is 14.4 Å². The SMILES string of the molecule is O=C1CCC(N2Cc3c(CN[C@H]4CCNC4)cccc3C2=O)C(=O)N1. The van der Waals surface area contributed by atoms with Crippen LogP contribution < -0.4 is 16.0 Å². The summed E-state index contributed by atoms with van der Waals surface area (Å²) >= 11 is 0. The van der Waals surface area contributed by atoms with Crippen molar-refractivity contribution in [2.75, 3.05) is 13.1 Å². The average molecular weight is 342 g/mol. The van der Waals surface area contributed by atoms with Crippen LogP contribution in [-0.4, -0.2) is 47.8 Å². The van der Waals surface area contributed by atoms with Gasteiger partial charge in [-0.25, -0.2) is 0 Å². The third-order valence-electron chi connectivity index (χ3n) is 5.32. The molecule has 3 aliphatic rings. The Morgan fingerprint density at radius 3 is 2.84 bits per heavy atom. The topological polar surface area (TPSA) is 90.5 Å². The molecule has 2 fully saturated rings. The van der Waals surface area contributed by atoms with Crippen LogP contribution in [0, 0.1) is 0 Å². The number of carbonyl (C=O) groups excluding carboxylic acids is 3.